The Bertz CT molecular complexity index is 556. The predicted molar refractivity (Wildman–Crippen MR) is 79.9 cm³/mol. The number of nitrogens with zero attached hydrogens (tertiary/aromatic N) is 1. The van der Waals surface area contributed by atoms with E-state index >= 15 is 0 Å². The molecule has 1 aliphatic heterocycles. The molecule has 0 saturated heterocycles. The maximum absolute atomic E-state index is 5.74. The average molecular weight is 268 g/mol. The Hall–Kier alpha value is -1.87. The highest BCUT2D eigenvalue weighted by molar-refractivity contribution is 5.38. The zero-order valence-electron chi connectivity index (χ0n) is 11.8. The number of nitrogens with one attached hydrogen (secondary N) is 1. The van der Waals surface area contributed by atoms with Crippen LogP contribution in [0.3, 0.4) is 0 Å². The Labute approximate surface area is 120 Å². The Balaban J connectivity index is 1.81. The predicted octanol–water partition coefficient (Wildman–Crippen LogP) is 3.30. The largest absolute Gasteiger partial charge is 0.493 e. The van der Waals surface area contributed by atoms with Crippen molar-refractivity contribution in [3.8, 4) is 5.75 Å². The van der Waals surface area contributed by atoms with E-state index in [1.54, 1.807) is 0 Å². The fourth-order valence-electron chi connectivity index (χ4n) is 2.95. The molecule has 2 atom stereocenters. The van der Waals surface area contributed by atoms with Gasteiger partial charge in [-0.3, -0.25) is 4.98 Å². The summed E-state index contributed by atoms with van der Waals surface area (Å²) in [5.41, 5.74) is 2.59. The van der Waals surface area contributed by atoms with E-state index in [1.165, 1.54) is 11.1 Å². The fourth-order valence-corrected chi connectivity index (χ4v) is 2.95. The third-order valence-electron chi connectivity index (χ3n) is 4.04. The third-order valence-corrected chi connectivity index (χ3v) is 4.04. The number of rotatable bonds is 4. The number of aromatic nitrogens is 1. The second-order valence-corrected chi connectivity index (χ2v) is 5.24. The number of pyridine rings is 1. The molecule has 0 bridgehead atoms. The summed E-state index contributed by atoms with van der Waals surface area (Å²) in [6, 6.07) is 12.9. The topological polar surface area (TPSA) is 34.1 Å². The van der Waals surface area contributed by atoms with Gasteiger partial charge in [0.1, 0.15) is 5.75 Å². The quantitative estimate of drug-likeness (QED) is 0.924. The molecule has 0 aliphatic carbocycles. The smallest absolute Gasteiger partial charge is 0.122 e. The van der Waals surface area contributed by atoms with Crippen LogP contribution in [-0.4, -0.2) is 18.6 Å². The number of ether oxygens (including phenoxy) is 1. The first-order valence-electron chi connectivity index (χ1n) is 7.17. The lowest BCUT2D eigenvalue weighted by Crippen LogP contribution is -2.22. The van der Waals surface area contributed by atoms with Crippen LogP contribution in [0.25, 0.3) is 0 Å². The third kappa shape index (κ3) is 2.68. The van der Waals surface area contributed by atoms with Gasteiger partial charge in [-0.05, 0) is 49.1 Å². The molecule has 1 aromatic carbocycles. The van der Waals surface area contributed by atoms with Gasteiger partial charge in [0.05, 0.1) is 6.61 Å². The lowest BCUT2D eigenvalue weighted by atomic mass is 9.86. The SMILES string of the molecule is CNC(CC1CCOc2ccccc21)c1cccnc1. The molecule has 2 unspecified atom stereocenters. The van der Waals surface area contributed by atoms with Gasteiger partial charge in [-0.25, -0.2) is 0 Å². The second-order valence-electron chi connectivity index (χ2n) is 5.24. The molecule has 1 aliphatic rings. The fraction of sp³-hybridized carbons (Fsp3) is 0.353. The second kappa shape index (κ2) is 6.06. The first kappa shape index (κ1) is 13.1. The maximum atomic E-state index is 5.74. The van der Waals surface area contributed by atoms with Crippen molar-refractivity contribution >= 4 is 0 Å². The number of benzene rings is 1. The number of hydrogen-bond acceptors (Lipinski definition) is 3. The zero-order valence-corrected chi connectivity index (χ0v) is 11.8. The van der Waals surface area contributed by atoms with Crippen molar-refractivity contribution in [2.24, 2.45) is 0 Å². The molecule has 0 saturated carbocycles. The summed E-state index contributed by atoms with van der Waals surface area (Å²) >= 11 is 0. The lowest BCUT2D eigenvalue weighted by Gasteiger charge is -2.29. The van der Waals surface area contributed by atoms with Crippen LogP contribution in [0, 0.1) is 0 Å². The first-order chi connectivity index (χ1) is 9.88. The minimum Gasteiger partial charge on any atom is -0.493 e. The minimum absolute atomic E-state index is 0.333. The highest BCUT2D eigenvalue weighted by Crippen LogP contribution is 2.38. The summed E-state index contributed by atoms with van der Waals surface area (Å²) in [5, 5.41) is 3.42. The first-order valence-corrected chi connectivity index (χ1v) is 7.17. The monoisotopic (exact) mass is 268 g/mol. The van der Waals surface area contributed by atoms with Crippen molar-refractivity contribution in [2.45, 2.75) is 24.8 Å². The number of para-hydroxylation sites is 1. The van der Waals surface area contributed by atoms with Crippen LogP contribution >= 0.6 is 0 Å². The van der Waals surface area contributed by atoms with Crippen LogP contribution in [0.2, 0.25) is 0 Å². The molecule has 3 nitrogen and oxygen atoms in total. The Morgan fingerprint density at radius 2 is 2.20 bits per heavy atom. The summed E-state index contributed by atoms with van der Waals surface area (Å²) in [4.78, 5) is 4.23. The van der Waals surface area contributed by atoms with E-state index in [0.29, 0.717) is 12.0 Å². The van der Waals surface area contributed by atoms with E-state index in [-0.39, 0.29) is 0 Å². The van der Waals surface area contributed by atoms with Crippen molar-refractivity contribution in [1.29, 1.82) is 0 Å². The molecule has 20 heavy (non-hydrogen) atoms. The van der Waals surface area contributed by atoms with Crippen LogP contribution in [-0.2, 0) is 0 Å². The van der Waals surface area contributed by atoms with Crippen molar-refractivity contribution in [3.05, 3.63) is 59.9 Å². The average Bonchev–Trinajstić information content (AvgIpc) is 2.53. The summed E-state index contributed by atoms with van der Waals surface area (Å²) < 4.78 is 5.74. The van der Waals surface area contributed by atoms with E-state index in [9.17, 15) is 0 Å². The van der Waals surface area contributed by atoms with Gasteiger partial charge < -0.3 is 10.1 Å². The zero-order chi connectivity index (χ0) is 13.8. The van der Waals surface area contributed by atoms with Gasteiger partial charge in [0.2, 0.25) is 0 Å². The van der Waals surface area contributed by atoms with Crippen LogP contribution in [0.5, 0.6) is 5.75 Å². The normalized spacial score (nSPS) is 18.9. The molecule has 1 aromatic heterocycles. The standard InChI is InChI=1S/C17H20N2O/c1-18-16(14-5-4-9-19-12-14)11-13-8-10-20-17-7-3-2-6-15(13)17/h2-7,9,12-13,16,18H,8,10-11H2,1H3. The molecule has 0 fully saturated rings. The Morgan fingerprint density at radius 3 is 3.00 bits per heavy atom. The highest BCUT2D eigenvalue weighted by atomic mass is 16.5. The molecule has 0 radical (unpaired) electrons. The molecule has 0 spiro atoms. The number of hydrogen-bond donors (Lipinski definition) is 1. The summed E-state index contributed by atoms with van der Waals surface area (Å²) in [7, 11) is 2.02. The molecule has 104 valence electrons. The van der Waals surface area contributed by atoms with E-state index in [4.69, 9.17) is 4.74 Å². The lowest BCUT2D eigenvalue weighted by molar-refractivity contribution is 0.256. The van der Waals surface area contributed by atoms with E-state index < -0.39 is 0 Å². The molecular weight excluding hydrogens is 248 g/mol. The molecule has 2 aromatic rings. The molecule has 1 N–H and O–H groups in total. The maximum Gasteiger partial charge on any atom is 0.122 e. The summed E-state index contributed by atoms with van der Waals surface area (Å²) in [6.45, 7) is 0.811. The van der Waals surface area contributed by atoms with Gasteiger partial charge in [0.25, 0.3) is 0 Å². The van der Waals surface area contributed by atoms with Gasteiger partial charge in [-0.2, -0.15) is 0 Å². The molecular formula is C17H20N2O. The van der Waals surface area contributed by atoms with Crippen LogP contribution < -0.4 is 10.1 Å². The van der Waals surface area contributed by atoms with Crippen LogP contribution in [0.4, 0.5) is 0 Å². The Kier molecular flexibility index (Phi) is 3.97. The van der Waals surface area contributed by atoms with Crippen molar-refractivity contribution in [3.63, 3.8) is 0 Å². The van der Waals surface area contributed by atoms with Crippen molar-refractivity contribution < 1.29 is 4.74 Å². The molecule has 3 heteroatoms. The highest BCUT2D eigenvalue weighted by Gasteiger charge is 2.24. The number of fused-ring (bicyclic) bond motifs is 1. The molecule has 0 amide bonds. The van der Waals surface area contributed by atoms with Gasteiger partial charge in [-0.15, -0.1) is 0 Å². The minimum atomic E-state index is 0.333. The van der Waals surface area contributed by atoms with Crippen molar-refractivity contribution in [1.82, 2.24) is 10.3 Å². The van der Waals surface area contributed by atoms with Gasteiger partial charge >= 0.3 is 0 Å². The van der Waals surface area contributed by atoms with Gasteiger partial charge in [-0.1, -0.05) is 24.3 Å². The summed E-state index contributed by atoms with van der Waals surface area (Å²) in [6.07, 6.45) is 5.92. The van der Waals surface area contributed by atoms with Crippen LogP contribution in [0.15, 0.2) is 48.8 Å². The Morgan fingerprint density at radius 1 is 1.30 bits per heavy atom. The van der Waals surface area contributed by atoms with E-state index in [2.05, 4.69) is 34.6 Å². The molecule has 2 heterocycles. The summed E-state index contributed by atoms with van der Waals surface area (Å²) in [5.74, 6) is 1.59. The van der Waals surface area contributed by atoms with E-state index in [1.807, 2.05) is 31.6 Å². The van der Waals surface area contributed by atoms with E-state index in [0.717, 1.165) is 25.2 Å². The van der Waals surface area contributed by atoms with Crippen LogP contribution in [0.1, 0.15) is 35.9 Å². The van der Waals surface area contributed by atoms with Gasteiger partial charge in [0.15, 0.2) is 0 Å². The van der Waals surface area contributed by atoms with Crippen molar-refractivity contribution in [2.75, 3.05) is 13.7 Å². The van der Waals surface area contributed by atoms with Gasteiger partial charge in [0, 0.05) is 18.4 Å². The molecule has 3 rings (SSSR count).